The second-order valence-corrected chi connectivity index (χ2v) is 13.3. The summed E-state index contributed by atoms with van der Waals surface area (Å²) in [7, 11) is -4.40. The maximum atomic E-state index is 13.2. The molecule has 0 unspecified atom stereocenters. The number of amides is 1. The van der Waals surface area contributed by atoms with Gasteiger partial charge in [0, 0.05) is 28.3 Å². The Labute approximate surface area is 253 Å². The molecule has 2 atom stereocenters. The first kappa shape index (κ1) is 30.2. The molecule has 1 aliphatic rings. The molecule has 1 aliphatic carbocycles. The lowest BCUT2D eigenvalue weighted by Gasteiger charge is -2.31. The van der Waals surface area contributed by atoms with Crippen LogP contribution in [0.4, 0.5) is 15.8 Å². The maximum Gasteiger partial charge on any atom is 0.293 e. The molecule has 4 aromatic rings. The zero-order chi connectivity index (χ0) is 30.4. The fraction of sp³-hybridized carbons (Fsp3) is 0.219. The number of nitro benzene ring substituents is 1. The van der Waals surface area contributed by atoms with Crippen LogP contribution in [0.25, 0.3) is 11.1 Å². The number of rotatable bonds is 10. The number of hydrogen-bond acceptors (Lipinski definition) is 7. The second kappa shape index (κ2) is 13.4. The Morgan fingerprint density at radius 2 is 1.56 bits per heavy atom. The standard InChI is InChI=1S/C32H30FN3O5S2/c33-26-16-14-23(15-17-26)22-10-12-24(13-11-22)32(37)35-43(40,41)28-18-19-29(30(20-28)36(38)39)34-21-25-6-4-5-9-31(25)42-27-7-2-1-3-8-27/h1-3,7-8,10-20,25,31,34H,4-6,9,21H2,(H,35,37)/t25-,31-/m1/s1. The topological polar surface area (TPSA) is 118 Å². The lowest BCUT2D eigenvalue weighted by molar-refractivity contribution is -0.384. The van der Waals surface area contributed by atoms with Crippen LogP contribution in [-0.4, -0.2) is 31.0 Å². The first-order valence-corrected chi connectivity index (χ1v) is 16.2. The van der Waals surface area contributed by atoms with E-state index in [0.29, 0.717) is 11.8 Å². The van der Waals surface area contributed by atoms with E-state index in [9.17, 15) is 27.7 Å². The Kier molecular flexibility index (Phi) is 9.42. The van der Waals surface area contributed by atoms with Crippen molar-refractivity contribution in [3.05, 3.63) is 119 Å². The van der Waals surface area contributed by atoms with Gasteiger partial charge in [-0.05, 0) is 78.4 Å². The average Bonchev–Trinajstić information content (AvgIpc) is 3.01. The van der Waals surface area contributed by atoms with Crippen LogP contribution in [0.2, 0.25) is 0 Å². The minimum Gasteiger partial charge on any atom is -0.379 e. The molecule has 0 aromatic heterocycles. The molecule has 0 radical (unpaired) electrons. The lowest BCUT2D eigenvalue weighted by Crippen LogP contribution is -2.30. The number of nitro groups is 1. The predicted octanol–water partition coefficient (Wildman–Crippen LogP) is 7.28. The number of anilines is 1. The summed E-state index contributed by atoms with van der Waals surface area (Å²) in [6, 6.07) is 25.7. The molecule has 222 valence electrons. The van der Waals surface area contributed by atoms with Crippen LogP contribution in [0.5, 0.6) is 0 Å². The highest BCUT2D eigenvalue weighted by Gasteiger charge is 2.28. The van der Waals surface area contributed by atoms with Crippen molar-refractivity contribution in [2.75, 3.05) is 11.9 Å². The molecule has 0 saturated heterocycles. The van der Waals surface area contributed by atoms with Gasteiger partial charge in [-0.3, -0.25) is 14.9 Å². The molecule has 0 aliphatic heterocycles. The Hall–Kier alpha value is -4.22. The van der Waals surface area contributed by atoms with Crippen LogP contribution < -0.4 is 10.0 Å². The summed E-state index contributed by atoms with van der Waals surface area (Å²) >= 11 is 1.82. The van der Waals surface area contributed by atoms with Crippen molar-refractivity contribution in [2.24, 2.45) is 5.92 Å². The Morgan fingerprint density at radius 1 is 0.907 bits per heavy atom. The van der Waals surface area contributed by atoms with E-state index in [1.165, 1.54) is 41.3 Å². The third-order valence-electron chi connectivity index (χ3n) is 7.45. The number of hydrogen-bond donors (Lipinski definition) is 2. The summed E-state index contributed by atoms with van der Waals surface area (Å²) in [4.78, 5) is 24.9. The van der Waals surface area contributed by atoms with Crippen molar-refractivity contribution in [1.29, 1.82) is 0 Å². The molecule has 1 saturated carbocycles. The van der Waals surface area contributed by atoms with E-state index >= 15 is 0 Å². The zero-order valence-corrected chi connectivity index (χ0v) is 24.7. The third kappa shape index (κ3) is 7.60. The summed E-state index contributed by atoms with van der Waals surface area (Å²) in [5.74, 6) is -0.963. The maximum absolute atomic E-state index is 13.2. The van der Waals surface area contributed by atoms with Gasteiger partial charge in [-0.2, -0.15) is 0 Å². The first-order chi connectivity index (χ1) is 20.7. The average molecular weight is 620 g/mol. The number of carbonyl (C=O) groups is 1. The lowest BCUT2D eigenvalue weighted by atomic mass is 9.88. The van der Waals surface area contributed by atoms with Crippen LogP contribution in [0.1, 0.15) is 36.0 Å². The van der Waals surface area contributed by atoms with Crippen molar-refractivity contribution in [3.63, 3.8) is 0 Å². The predicted molar refractivity (Wildman–Crippen MR) is 166 cm³/mol. The normalized spacial score (nSPS) is 16.8. The third-order valence-corrected chi connectivity index (χ3v) is 10.2. The van der Waals surface area contributed by atoms with Gasteiger partial charge < -0.3 is 5.32 Å². The molecule has 5 rings (SSSR count). The van der Waals surface area contributed by atoms with Crippen molar-refractivity contribution in [1.82, 2.24) is 4.72 Å². The van der Waals surface area contributed by atoms with Gasteiger partial charge in [0.15, 0.2) is 0 Å². The number of thioether (sulfide) groups is 1. The highest BCUT2D eigenvalue weighted by Crippen LogP contribution is 2.38. The molecule has 0 spiro atoms. The molecule has 1 fully saturated rings. The molecular formula is C32H30FN3O5S2. The number of halogens is 1. The van der Waals surface area contributed by atoms with Gasteiger partial charge in [0.05, 0.1) is 9.82 Å². The summed E-state index contributed by atoms with van der Waals surface area (Å²) in [6.07, 6.45) is 4.28. The van der Waals surface area contributed by atoms with Crippen LogP contribution >= 0.6 is 11.8 Å². The summed E-state index contributed by atoms with van der Waals surface area (Å²) in [5, 5.41) is 15.5. The minimum atomic E-state index is -4.40. The Balaban J connectivity index is 1.26. The number of nitrogens with one attached hydrogen (secondary N) is 2. The number of carbonyl (C=O) groups excluding carboxylic acids is 1. The zero-order valence-electron chi connectivity index (χ0n) is 23.1. The van der Waals surface area contributed by atoms with Gasteiger partial charge in [-0.15, -0.1) is 11.8 Å². The van der Waals surface area contributed by atoms with Crippen molar-refractivity contribution < 1.29 is 22.5 Å². The van der Waals surface area contributed by atoms with Gasteiger partial charge in [-0.25, -0.2) is 17.5 Å². The SMILES string of the molecule is O=C(NS(=O)(=O)c1ccc(NC[C@H]2CCCC[C@H]2Sc2ccccc2)c([N+](=O)[O-])c1)c1ccc(-c2ccc(F)cc2)cc1. The van der Waals surface area contributed by atoms with Crippen molar-refractivity contribution in [2.45, 2.75) is 40.7 Å². The molecule has 2 N–H and O–H groups in total. The molecule has 11 heteroatoms. The molecular weight excluding hydrogens is 590 g/mol. The molecule has 4 aromatic carbocycles. The summed E-state index contributed by atoms with van der Waals surface area (Å²) < 4.78 is 41.3. The summed E-state index contributed by atoms with van der Waals surface area (Å²) in [5.41, 5.74) is 1.37. The van der Waals surface area contributed by atoms with E-state index in [1.807, 2.05) is 34.7 Å². The smallest absolute Gasteiger partial charge is 0.293 e. The van der Waals surface area contributed by atoms with Gasteiger partial charge in [0.1, 0.15) is 11.5 Å². The van der Waals surface area contributed by atoms with Crippen molar-refractivity contribution in [3.8, 4) is 11.1 Å². The molecule has 0 bridgehead atoms. The quantitative estimate of drug-likeness (QED) is 0.141. The number of sulfonamides is 1. The molecule has 43 heavy (non-hydrogen) atoms. The fourth-order valence-corrected chi connectivity index (χ4v) is 7.52. The molecule has 8 nitrogen and oxygen atoms in total. The Bertz CT molecular complexity index is 1700. The monoisotopic (exact) mass is 619 g/mol. The van der Waals surface area contributed by atoms with Crippen LogP contribution in [0.3, 0.4) is 0 Å². The molecule has 1 amide bonds. The molecule has 0 heterocycles. The highest BCUT2D eigenvalue weighted by atomic mass is 32.2. The second-order valence-electron chi connectivity index (χ2n) is 10.3. The van der Waals surface area contributed by atoms with E-state index in [1.54, 1.807) is 24.3 Å². The van der Waals surface area contributed by atoms with E-state index in [4.69, 9.17) is 0 Å². The van der Waals surface area contributed by atoms with E-state index in [2.05, 4.69) is 17.4 Å². The van der Waals surface area contributed by atoms with Gasteiger partial charge in [-0.1, -0.05) is 55.3 Å². The van der Waals surface area contributed by atoms with Crippen LogP contribution in [0, 0.1) is 21.8 Å². The number of nitrogens with zero attached hydrogens (tertiary/aromatic N) is 1. The van der Waals surface area contributed by atoms with Crippen LogP contribution in [-0.2, 0) is 10.0 Å². The minimum absolute atomic E-state index is 0.0811. The fourth-order valence-electron chi connectivity index (χ4n) is 5.15. The van der Waals surface area contributed by atoms with E-state index < -0.39 is 25.7 Å². The van der Waals surface area contributed by atoms with E-state index in [0.717, 1.165) is 42.9 Å². The van der Waals surface area contributed by atoms with Gasteiger partial charge in [0.25, 0.3) is 21.6 Å². The van der Waals surface area contributed by atoms with Crippen molar-refractivity contribution >= 4 is 39.1 Å². The van der Waals surface area contributed by atoms with E-state index in [-0.39, 0.29) is 28.7 Å². The largest absolute Gasteiger partial charge is 0.379 e. The summed E-state index contributed by atoms with van der Waals surface area (Å²) in [6.45, 7) is 0.516. The highest BCUT2D eigenvalue weighted by molar-refractivity contribution is 8.00. The van der Waals surface area contributed by atoms with Gasteiger partial charge >= 0.3 is 0 Å². The van der Waals surface area contributed by atoms with Gasteiger partial charge in [0.2, 0.25) is 0 Å². The number of benzene rings is 4. The van der Waals surface area contributed by atoms with Crippen LogP contribution in [0.15, 0.2) is 107 Å². The first-order valence-electron chi connectivity index (χ1n) is 13.9. The Morgan fingerprint density at radius 3 is 2.23 bits per heavy atom.